The number of carbonyl (C=O) groups excluding carboxylic acids is 1. The van der Waals surface area contributed by atoms with Crippen LogP contribution in [0.4, 0.5) is 9.39 Å². The summed E-state index contributed by atoms with van der Waals surface area (Å²) in [7, 11) is 0. The van der Waals surface area contributed by atoms with E-state index < -0.39 is 0 Å². The van der Waals surface area contributed by atoms with Gasteiger partial charge >= 0.3 is 0 Å². The third-order valence-electron chi connectivity index (χ3n) is 3.37. The molecule has 0 aliphatic heterocycles. The number of hydrogen-bond donors (Lipinski definition) is 1. The average Bonchev–Trinajstić information content (AvgIpc) is 3.36. The topological polar surface area (TPSA) is 54.9 Å². The molecule has 8 heteroatoms. The Kier molecular flexibility index (Phi) is 4.39. The first-order valence-corrected chi connectivity index (χ1v) is 9.79. The van der Waals surface area contributed by atoms with Crippen molar-refractivity contribution in [1.29, 1.82) is 0 Å². The summed E-state index contributed by atoms with van der Waals surface area (Å²) >= 11 is 4.26. The number of hydrogen-bond acceptors (Lipinski definition) is 6. The number of carbonyl (C=O) groups is 1. The molecule has 1 aromatic carbocycles. The van der Waals surface area contributed by atoms with E-state index in [-0.39, 0.29) is 11.7 Å². The monoisotopic (exact) mass is 387 g/mol. The van der Waals surface area contributed by atoms with Crippen LogP contribution >= 0.6 is 34.0 Å². The molecule has 0 spiro atoms. The van der Waals surface area contributed by atoms with Crippen molar-refractivity contribution in [3.63, 3.8) is 0 Å². The summed E-state index contributed by atoms with van der Waals surface area (Å²) in [5, 5.41) is 6.30. The zero-order valence-electron chi connectivity index (χ0n) is 12.6. The molecule has 3 heterocycles. The number of nitrogens with zero attached hydrogens (tertiary/aromatic N) is 2. The SMILES string of the molecule is O=C(Nc1scnc1-c1ccc(F)cc1)c1cnc(-c2cccs2)s1. The van der Waals surface area contributed by atoms with Crippen molar-refractivity contribution in [1.82, 2.24) is 9.97 Å². The minimum Gasteiger partial charge on any atom is -0.311 e. The highest BCUT2D eigenvalue weighted by Crippen LogP contribution is 2.32. The van der Waals surface area contributed by atoms with E-state index in [1.54, 1.807) is 35.2 Å². The molecule has 0 saturated heterocycles. The van der Waals surface area contributed by atoms with Crippen LogP contribution in [-0.2, 0) is 0 Å². The highest BCUT2D eigenvalue weighted by molar-refractivity contribution is 7.22. The fraction of sp³-hybridized carbons (Fsp3) is 0. The molecule has 0 bridgehead atoms. The molecule has 4 rings (SSSR count). The first-order chi connectivity index (χ1) is 12.2. The van der Waals surface area contributed by atoms with Gasteiger partial charge in [-0.25, -0.2) is 14.4 Å². The molecule has 1 N–H and O–H groups in total. The van der Waals surface area contributed by atoms with Crippen LogP contribution in [0.5, 0.6) is 0 Å². The Morgan fingerprint density at radius 3 is 2.68 bits per heavy atom. The second kappa shape index (κ2) is 6.83. The van der Waals surface area contributed by atoms with Gasteiger partial charge < -0.3 is 5.32 Å². The molecular formula is C17H10FN3OS3. The standard InChI is InChI=1S/C17H10FN3OS3/c18-11-5-3-10(4-6-11)14-17(24-9-20-14)21-15(22)13-8-19-16(25-13)12-2-1-7-23-12/h1-9H,(H,21,22). The lowest BCUT2D eigenvalue weighted by Crippen LogP contribution is -2.09. The summed E-state index contributed by atoms with van der Waals surface area (Å²) < 4.78 is 13.1. The minimum atomic E-state index is -0.310. The highest BCUT2D eigenvalue weighted by Gasteiger charge is 2.16. The van der Waals surface area contributed by atoms with Crippen LogP contribution in [0.1, 0.15) is 9.67 Å². The second-order valence-electron chi connectivity index (χ2n) is 5.00. The molecule has 124 valence electrons. The predicted octanol–water partition coefficient (Wildman–Crippen LogP) is 5.39. The van der Waals surface area contributed by atoms with Gasteiger partial charge in [0.25, 0.3) is 5.91 Å². The van der Waals surface area contributed by atoms with E-state index in [2.05, 4.69) is 15.3 Å². The lowest BCUT2D eigenvalue weighted by molar-refractivity contribution is 0.103. The van der Waals surface area contributed by atoms with E-state index in [0.717, 1.165) is 15.4 Å². The molecule has 0 aliphatic rings. The molecule has 3 aromatic heterocycles. The van der Waals surface area contributed by atoms with E-state index in [1.165, 1.54) is 34.8 Å². The number of nitrogens with one attached hydrogen (secondary N) is 1. The minimum absolute atomic E-state index is 0.229. The van der Waals surface area contributed by atoms with Crippen molar-refractivity contribution in [3.8, 4) is 21.1 Å². The fourth-order valence-corrected chi connectivity index (χ4v) is 4.52. The number of amides is 1. The molecule has 25 heavy (non-hydrogen) atoms. The third kappa shape index (κ3) is 3.37. The quantitative estimate of drug-likeness (QED) is 0.511. The van der Waals surface area contributed by atoms with Gasteiger partial charge in [-0.2, -0.15) is 0 Å². The van der Waals surface area contributed by atoms with Gasteiger partial charge in [-0.3, -0.25) is 4.79 Å². The number of halogens is 1. The second-order valence-corrected chi connectivity index (χ2v) is 7.83. The molecule has 0 saturated carbocycles. The lowest BCUT2D eigenvalue weighted by atomic mass is 10.1. The van der Waals surface area contributed by atoms with Gasteiger partial charge in [-0.15, -0.1) is 34.0 Å². The highest BCUT2D eigenvalue weighted by atomic mass is 32.1. The molecule has 0 fully saturated rings. The normalized spacial score (nSPS) is 10.8. The summed E-state index contributed by atoms with van der Waals surface area (Å²) in [6, 6.07) is 9.95. The molecule has 0 unspecified atom stereocenters. The van der Waals surface area contributed by atoms with E-state index >= 15 is 0 Å². The van der Waals surface area contributed by atoms with Crippen molar-refractivity contribution in [2.24, 2.45) is 0 Å². The van der Waals surface area contributed by atoms with E-state index in [4.69, 9.17) is 0 Å². The van der Waals surface area contributed by atoms with Crippen LogP contribution in [0.3, 0.4) is 0 Å². The van der Waals surface area contributed by atoms with Gasteiger partial charge in [-0.05, 0) is 35.7 Å². The maximum atomic E-state index is 13.1. The average molecular weight is 387 g/mol. The number of aromatic nitrogens is 2. The maximum Gasteiger partial charge on any atom is 0.268 e. The Morgan fingerprint density at radius 1 is 1.08 bits per heavy atom. The maximum absolute atomic E-state index is 13.1. The van der Waals surface area contributed by atoms with Crippen molar-refractivity contribution in [2.45, 2.75) is 0 Å². The van der Waals surface area contributed by atoms with Crippen LogP contribution in [0.25, 0.3) is 21.1 Å². The number of thiophene rings is 1. The summed E-state index contributed by atoms with van der Waals surface area (Å²) in [6.45, 7) is 0. The van der Waals surface area contributed by atoms with E-state index in [0.29, 0.717) is 15.6 Å². The van der Waals surface area contributed by atoms with E-state index in [1.807, 2.05) is 17.5 Å². The molecule has 4 aromatic rings. The lowest BCUT2D eigenvalue weighted by Gasteiger charge is -2.04. The first-order valence-electron chi connectivity index (χ1n) is 7.21. The Bertz CT molecular complexity index is 1010. The van der Waals surface area contributed by atoms with Crippen LogP contribution in [0.15, 0.2) is 53.5 Å². The molecule has 0 radical (unpaired) electrons. The van der Waals surface area contributed by atoms with Crippen molar-refractivity contribution >= 4 is 44.9 Å². The van der Waals surface area contributed by atoms with Crippen LogP contribution in [-0.4, -0.2) is 15.9 Å². The molecular weight excluding hydrogens is 377 g/mol. The summed E-state index contributed by atoms with van der Waals surface area (Å²) in [5.41, 5.74) is 3.03. The van der Waals surface area contributed by atoms with Gasteiger partial charge in [0.05, 0.1) is 16.6 Å². The van der Waals surface area contributed by atoms with Gasteiger partial charge in [0.2, 0.25) is 0 Å². The Morgan fingerprint density at radius 2 is 1.92 bits per heavy atom. The van der Waals surface area contributed by atoms with Crippen LogP contribution in [0.2, 0.25) is 0 Å². The fourth-order valence-electron chi connectivity index (χ4n) is 2.21. The number of benzene rings is 1. The first kappa shape index (κ1) is 16.1. The number of anilines is 1. The summed E-state index contributed by atoms with van der Waals surface area (Å²) in [6.07, 6.45) is 1.58. The van der Waals surface area contributed by atoms with Gasteiger partial charge in [0.15, 0.2) is 0 Å². The zero-order chi connectivity index (χ0) is 17.2. The molecule has 0 aliphatic carbocycles. The van der Waals surface area contributed by atoms with Crippen molar-refractivity contribution in [2.75, 3.05) is 5.32 Å². The molecule has 4 nitrogen and oxygen atoms in total. The van der Waals surface area contributed by atoms with Crippen molar-refractivity contribution in [3.05, 3.63) is 64.2 Å². The Labute approximate surface area is 154 Å². The smallest absolute Gasteiger partial charge is 0.268 e. The third-order valence-corrected chi connectivity index (χ3v) is 6.15. The van der Waals surface area contributed by atoms with Gasteiger partial charge in [0, 0.05) is 5.56 Å². The molecule has 1 amide bonds. The van der Waals surface area contributed by atoms with Gasteiger partial charge in [0.1, 0.15) is 26.4 Å². The zero-order valence-corrected chi connectivity index (χ0v) is 15.1. The largest absolute Gasteiger partial charge is 0.311 e. The Balaban J connectivity index is 1.56. The van der Waals surface area contributed by atoms with Crippen LogP contribution < -0.4 is 5.32 Å². The van der Waals surface area contributed by atoms with Gasteiger partial charge in [-0.1, -0.05) is 6.07 Å². The summed E-state index contributed by atoms with van der Waals surface area (Å²) in [5.74, 6) is -0.539. The van der Waals surface area contributed by atoms with Crippen LogP contribution in [0, 0.1) is 5.82 Å². The molecule has 0 atom stereocenters. The Hall–Kier alpha value is -2.42. The predicted molar refractivity (Wildman–Crippen MR) is 101 cm³/mol. The number of thiazole rings is 2. The van der Waals surface area contributed by atoms with E-state index in [9.17, 15) is 9.18 Å². The summed E-state index contributed by atoms with van der Waals surface area (Å²) in [4.78, 5) is 22.7. The number of rotatable bonds is 4. The van der Waals surface area contributed by atoms with Crippen molar-refractivity contribution < 1.29 is 9.18 Å².